The van der Waals surface area contributed by atoms with Crippen LogP contribution in [0.25, 0.3) is 0 Å². The number of rotatable bonds is 8. The predicted molar refractivity (Wildman–Crippen MR) is 172 cm³/mol. The van der Waals surface area contributed by atoms with Gasteiger partial charge >= 0.3 is 11.9 Å². The maximum Gasteiger partial charge on any atom is 0.341 e. The second kappa shape index (κ2) is 14.7. The monoisotopic (exact) mass is 612 g/mol. The Labute approximate surface area is 265 Å². The average molecular weight is 613 g/mol. The number of likely N-dealkylation sites (N-methyl/N-ethyl adjacent to an activating group) is 1. The summed E-state index contributed by atoms with van der Waals surface area (Å²) in [4.78, 5) is 25.9. The molecule has 2 aromatic heterocycles. The maximum atomic E-state index is 11.8. The van der Waals surface area contributed by atoms with Crippen LogP contribution in [-0.4, -0.2) is 70.8 Å². The first-order valence-corrected chi connectivity index (χ1v) is 15.7. The van der Waals surface area contributed by atoms with Gasteiger partial charge in [-0.25, -0.2) is 9.59 Å². The summed E-state index contributed by atoms with van der Waals surface area (Å²) in [5.74, 6) is -0.641. The van der Waals surface area contributed by atoms with E-state index in [1.807, 2.05) is 23.2 Å². The molecule has 45 heavy (non-hydrogen) atoms. The number of ether oxygens (including phenoxy) is 2. The first-order valence-electron chi connectivity index (χ1n) is 15.7. The third-order valence-corrected chi connectivity index (χ3v) is 8.48. The number of hydrogen-bond acceptors (Lipinski definition) is 8. The molecule has 2 aliphatic rings. The minimum Gasteiger partial charge on any atom is -0.465 e. The summed E-state index contributed by atoms with van der Waals surface area (Å²) in [6.07, 6.45) is 7.20. The third kappa shape index (κ3) is 7.69. The van der Waals surface area contributed by atoms with E-state index in [0.717, 1.165) is 50.4 Å². The lowest BCUT2D eigenvalue weighted by Gasteiger charge is -2.25. The summed E-state index contributed by atoms with van der Waals surface area (Å²) < 4.78 is 13.3. The molecule has 10 heteroatoms. The van der Waals surface area contributed by atoms with Gasteiger partial charge in [0.15, 0.2) is 0 Å². The molecule has 0 radical (unpaired) electrons. The minimum atomic E-state index is -0.322. The van der Waals surface area contributed by atoms with Crippen molar-refractivity contribution in [3.05, 3.63) is 105 Å². The van der Waals surface area contributed by atoms with Crippen LogP contribution in [0.5, 0.6) is 0 Å². The number of aryl methyl sites for hydroxylation is 2. The van der Waals surface area contributed by atoms with Crippen LogP contribution in [0.15, 0.2) is 48.8 Å². The molecule has 0 fully saturated rings. The largest absolute Gasteiger partial charge is 0.465 e. The van der Waals surface area contributed by atoms with E-state index in [4.69, 9.17) is 9.47 Å². The molecule has 0 atom stereocenters. The number of nitrogens with zero attached hydrogens (tertiary/aromatic N) is 5. The number of aromatic nitrogens is 4. The lowest BCUT2D eigenvalue weighted by Crippen LogP contribution is -2.26. The van der Waals surface area contributed by atoms with Gasteiger partial charge in [0.1, 0.15) is 11.1 Å². The van der Waals surface area contributed by atoms with Gasteiger partial charge in [0.05, 0.1) is 38.7 Å². The molecule has 0 amide bonds. The zero-order chi connectivity index (χ0) is 31.9. The Hall–Kier alpha value is -4.28. The Morgan fingerprint density at radius 3 is 1.84 bits per heavy atom. The van der Waals surface area contributed by atoms with Gasteiger partial charge in [-0.15, -0.1) is 0 Å². The fourth-order valence-corrected chi connectivity index (χ4v) is 6.02. The second-order valence-corrected chi connectivity index (χ2v) is 11.7. The molecule has 0 saturated carbocycles. The highest BCUT2D eigenvalue weighted by atomic mass is 16.5. The van der Waals surface area contributed by atoms with Crippen molar-refractivity contribution >= 4 is 11.9 Å². The minimum absolute atomic E-state index is 0.319. The molecule has 6 rings (SSSR count). The maximum absolute atomic E-state index is 11.8. The standard InChI is InChI=1S/C18H23N3O2.C17H21N3O2/c1-4-17-16(18(22)23-3)12-21(19-17)10-13-5-6-14-7-8-20(2)11-15(14)9-13;1-3-16-15(17(21)22-2)11-20(19-16)10-12-4-5-13-6-7-18-9-14(13)8-12/h5-6,9,12H,4,7-8,10-11H2,1-3H3;4-5,8,11,18H,3,6-7,9-10H2,1-2H3. The molecule has 10 nitrogen and oxygen atoms in total. The van der Waals surface area contributed by atoms with Crippen molar-refractivity contribution in [2.45, 2.75) is 65.7 Å². The van der Waals surface area contributed by atoms with E-state index < -0.39 is 0 Å². The van der Waals surface area contributed by atoms with Gasteiger partial charge in [0.2, 0.25) is 0 Å². The SMILES string of the molecule is CCc1nn(Cc2ccc3c(c2)CN(C)CC3)cc1C(=O)OC.CCc1nn(Cc2ccc3c(c2)CNCC3)cc1C(=O)OC. The van der Waals surface area contributed by atoms with E-state index in [1.165, 1.54) is 47.6 Å². The molecule has 4 aromatic rings. The van der Waals surface area contributed by atoms with Crippen molar-refractivity contribution in [3.63, 3.8) is 0 Å². The Morgan fingerprint density at radius 2 is 1.31 bits per heavy atom. The van der Waals surface area contributed by atoms with E-state index in [0.29, 0.717) is 37.1 Å². The van der Waals surface area contributed by atoms with Crippen LogP contribution in [0.2, 0.25) is 0 Å². The Morgan fingerprint density at radius 1 is 0.778 bits per heavy atom. The summed E-state index contributed by atoms with van der Waals surface area (Å²) >= 11 is 0. The highest BCUT2D eigenvalue weighted by Gasteiger charge is 2.18. The quantitative estimate of drug-likeness (QED) is 0.296. The number of benzene rings is 2. The van der Waals surface area contributed by atoms with E-state index in [-0.39, 0.29) is 11.9 Å². The van der Waals surface area contributed by atoms with Crippen molar-refractivity contribution < 1.29 is 19.1 Å². The first kappa shape index (κ1) is 32.1. The highest BCUT2D eigenvalue weighted by molar-refractivity contribution is 5.90. The van der Waals surface area contributed by atoms with E-state index in [1.54, 1.807) is 12.4 Å². The molecule has 0 saturated heterocycles. The number of nitrogens with one attached hydrogen (secondary N) is 1. The van der Waals surface area contributed by atoms with E-state index >= 15 is 0 Å². The van der Waals surface area contributed by atoms with Crippen molar-refractivity contribution in [1.29, 1.82) is 0 Å². The fourth-order valence-electron chi connectivity index (χ4n) is 6.02. The molecule has 2 aliphatic heterocycles. The molecule has 0 aliphatic carbocycles. The normalized spacial score (nSPS) is 14.2. The van der Waals surface area contributed by atoms with Crippen molar-refractivity contribution in [2.24, 2.45) is 0 Å². The van der Waals surface area contributed by atoms with Crippen LogP contribution in [0.1, 0.15) is 79.3 Å². The summed E-state index contributed by atoms with van der Waals surface area (Å²) in [7, 11) is 4.95. The number of fused-ring (bicyclic) bond motifs is 2. The van der Waals surface area contributed by atoms with Gasteiger partial charge in [0, 0.05) is 32.0 Å². The first-order chi connectivity index (χ1) is 21.8. The van der Waals surface area contributed by atoms with Gasteiger partial charge in [-0.2, -0.15) is 10.2 Å². The molecule has 0 bridgehead atoms. The molecule has 2 aromatic carbocycles. The van der Waals surface area contributed by atoms with Crippen LogP contribution >= 0.6 is 0 Å². The number of carbonyl (C=O) groups excluding carboxylic acids is 2. The Balaban J connectivity index is 0.000000178. The van der Waals surface area contributed by atoms with Crippen molar-refractivity contribution in [2.75, 3.05) is 34.4 Å². The summed E-state index contributed by atoms with van der Waals surface area (Å²) in [5.41, 5.74) is 10.7. The van der Waals surface area contributed by atoms with Crippen LogP contribution in [0, 0.1) is 0 Å². The molecule has 1 N–H and O–H groups in total. The van der Waals surface area contributed by atoms with Crippen molar-refractivity contribution in [1.82, 2.24) is 29.8 Å². The smallest absolute Gasteiger partial charge is 0.341 e. The number of esters is 2. The molecule has 0 spiro atoms. The van der Waals surface area contributed by atoms with E-state index in [2.05, 4.69) is 63.9 Å². The molecular weight excluding hydrogens is 568 g/mol. The third-order valence-electron chi connectivity index (χ3n) is 8.48. The van der Waals surface area contributed by atoms with Crippen LogP contribution < -0.4 is 5.32 Å². The zero-order valence-corrected chi connectivity index (χ0v) is 27.1. The molecule has 0 unspecified atom stereocenters. The van der Waals surface area contributed by atoms with Gasteiger partial charge < -0.3 is 19.7 Å². The Bertz CT molecular complexity index is 1660. The second-order valence-electron chi connectivity index (χ2n) is 11.7. The number of hydrogen-bond donors (Lipinski definition) is 1. The van der Waals surface area contributed by atoms with Crippen molar-refractivity contribution in [3.8, 4) is 0 Å². The summed E-state index contributed by atoms with van der Waals surface area (Å²) in [6.45, 7) is 9.41. The zero-order valence-electron chi connectivity index (χ0n) is 27.1. The Kier molecular flexibility index (Phi) is 10.5. The summed E-state index contributed by atoms with van der Waals surface area (Å²) in [6, 6.07) is 13.2. The van der Waals surface area contributed by atoms with Gasteiger partial charge in [-0.1, -0.05) is 50.2 Å². The van der Waals surface area contributed by atoms with Crippen LogP contribution in [0.3, 0.4) is 0 Å². The number of carbonyl (C=O) groups is 2. The van der Waals surface area contributed by atoms with Gasteiger partial charge in [0.25, 0.3) is 0 Å². The molecule has 4 heterocycles. The lowest BCUT2D eigenvalue weighted by atomic mass is 9.98. The fraction of sp³-hybridized carbons (Fsp3) is 0.429. The molecular formula is C35H44N6O4. The van der Waals surface area contributed by atoms with E-state index in [9.17, 15) is 9.59 Å². The van der Waals surface area contributed by atoms with Gasteiger partial charge in [-0.05, 0) is 72.7 Å². The average Bonchev–Trinajstić information content (AvgIpc) is 3.67. The highest BCUT2D eigenvalue weighted by Crippen LogP contribution is 2.21. The van der Waals surface area contributed by atoms with Crippen LogP contribution in [0.4, 0.5) is 0 Å². The summed E-state index contributed by atoms with van der Waals surface area (Å²) in [5, 5.41) is 12.4. The topological polar surface area (TPSA) is 104 Å². The van der Waals surface area contributed by atoms with Gasteiger partial charge in [-0.3, -0.25) is 9.36 Å². The lowest BCUT2D eigenvalue weighted by molar-refractivity contribution is 0.0590. The molecule has 238 valence electrons. The number of methoxy groups -OCH3 is 2. The predicted octanol–water partition coefficient (Wildman–Crippen LogP) is 4.19. The van der Waals surface area contributed by atoms with Crippen LogP contribution in [-0.2, 0) is 61.3 Å².